The van der Waals surface area contributed by atoms with Crippen molar-refractivity contribution in [1.29, 1.82) is 0 Å². The predicted octanol–water partition coefficient (Wildman–Crippen LogP) is 2.73. The second kappa shape index (κ2) is 8.26. The highest BCUT2D eigenvalue weighted by Gasteiger charge is 2.21. The van der Waals surface area contributed by atoms with E-state index in [1.165, 1.54) is 11.0 Å². The number of nitrogens with zero attached hydrogens (tertiary/aromatic N) is 2. The van der Waals surface area contributed by atoms with Crippen molar-refractivity contribution in [3.8, 4) is 0 Å². The molecule has 1 rings (SSSR count). The molecule has 0 spiro atoms. The number of aryl methyl sites for hydroxylation is 1. The van der Waals surface area contributed by atoms with Crippen LogP contribution in [-0.4, -0.2) is 39.9 Å². The van der Waals surface area contributed by atoms with Crippen LogP contribution < -0.4 is 0 Å². The van der Waals surface area contributed by atoms with Gasteiger partial charge in [-0.2, -0.15) is 0 Å². The van der Waals surface area contributed by atoms with Crippen molar-refractivity contribution in [1.82, 2.24) is 4.90 Å². The molecule has 23 heavy (non-hydrogen) atoms. The summed E-state index contributed by atoms with van der Waals surface area (Å²) in [5.74, 6) is -1.21. The highest BCUT2D eigenvalue weighted by atomic mass is 16.6. The van der Waals surface area contributed by atoms with Gasteiger partial charge >= 0.3 is 5.97 Å². The first kappa shape index (κ1) is 18.6. The lowest BCUT2D eigenvalue weighted by Crippen LogP contribution is -2.36. The number of hydrogen-bond donors (Lipinski definition) is 1. The monoisotopic (exact) mass is 322 g/mol. The summed E-state index contributed by atoms with van der Waals surface area (Å²) in [5, 5.41) is 19.9. The Morgan fingerprint density at radius 1 is 1.35 bits per heavy atom. The van der Waals surface area contributed by atoms with Crippen LogP contribution in [0.25, 0.3) is 0 Å². The number of amides is 1. The molecule has 1 amide bonds. The number of aliphatic carboxylic acids is 1. The van der Waals surface area contributed by atoms with Crippen LogP contribution in [0, 0.1) is 16.0 Å². The number of carboxylic acids is 1. The van der Waals surface area contributed by atoms with Gasteiger partial charge in [0, 0.05) is 30.3 Å². The van der Waals surface area contributed by atoms with Crippen molar-refractivity contribution in [3.05, 3.63) is 39.4 Å². The number of benzene rings is 1. The van der Waals surface area contributed by atoms with Crippen molar-refractivity contribution in [3.63, 3.8) is 0 Å². The molecule has 1 N–H and O–H groups in total. The van der Waals surface area contributed by atoms with Gasteiger partial charge in [0.05, 0.1) is 11.3 Å². The van der Waals surface area contributed by atoms with E-state index in [2.05, 4.69) is 0 Å². The summed E-state index contributed by atoms with van der Waals surface area (Å²) in [6.07, 6.45) is 0.340. The molecule has 1 aromatic rings. The molecule has 0 unspecified atom stereocenters. The topological polar surface area (TPSA) is 101 Å². The summed E-state index contributed by atoms with van der Waals surface area (Å²) in [4.78, 5) is 35.4. The van der Waals surface area contributed by atoms with E-state index in [4.69, 9.17) is 5.11 Å². The van der Waals surface area contributed by atoms with Gasteiger partial charge < -0.3 is 10.0 Å². The third kappa shape index (κ3) is 5.36. The Labute approximate surface area is 135 Å². The van der Waals surface area contributed by atoms with Crippen LogP contribution in [0.3, 0.4) is 0 Å². The lowest BCUT2D eigenvalue weighted by molar-refractivity contribution is -0.385. The highest BCUT2D eigenvalue weighted by Crippen LogP contribution is 2.22. The minimum atomic E-state index is -0.987. The Kier molecular flexibility index (Phi) is 6.68. The highest BCUT2D eigenvalue weighted by molar-refractivity contribution is 5.95. The SMILES string of the molecule is CCc1ccc(C(=O)N(CCC(=O)O)CC(C)C)cc1[N+](=O)[O-]. The van der Waals surface area contributed by atoms with Crippen molar-refractivity contribution < 1.29 is 19.6 Å². The van der Waals surface area contributed by atoms with Crippen LogP contribution >= 0.6 is 0 Å². The van der Waals surface area contributed by atoms with Crippen LogP contribution in [0.5, 0.6) is 0 Å². The number of carbonyl (C=O) groups excluding carboxylic acids is 1. The number of hydrogen-bond acceptors (Lipinski definition) is 4. The molecule has 1 aromatic carbocycles. The van der Waals surface area contributed by atoms with E-state index in [0.717, 1.165) is 0 Å². The zero-order valence-corrected chi connectivity index (χ0v) is 13.6. The largest absolute Gasteiger partial charge is 0.481 e. The first-order valence-electron chi connectivity index (χ1n) is 7.54. The summed E-state index contributed by atoms with van der Waals surface area (Å²) in [6, 6.07) is 4.41. The first-order chi connectivity index (χ1) is 10.8. The molecule has 0 aliphatic rings. The Morgan fingerprint density at radius 2 is 2.00 bits per heavy atom. The van der Waals surface area contributed by atoms with Crippen molar-refractivity contribution in [2.75, 3.05) is 13.1 Å². The molecule has 7 heteroatoms. The second-order valence-electron chi connectivity index (χ2n) is 5.74. The zero-order chi connectivity index (χ0) is 17.6. The maximum Gasteiger partial charge on any atom is 0.305 e. The van der Waals surface area contributed by atoms with Gasteiger partial charge in [0.1, 0.15) is 0 Å². The molecular formula is C16H22N2O5. The lowest BCUT2D eigenvalue weighted by Gasteiger charge is -2.24. The minimum absolute atomic E-state index is 0.0790. The van der Waals surface area contributed by atoms with Gasteiger partial charge in [0.25, 0.3) is 11.6 Å². The van der Waals surface area contributed by atoms with E-state index < -0.39 is 10.9 Å². The molecule has 0 saturated carbocycles. The van der Waals surface area contributed by atoms with Gasteiger partial charge in [-0.15, -0.1) is 0 Å². The molecule has 0 bridgehead atoms. The third-order valence-corrected chi connectivity index (χ3v) is 3.38. The van der Waals surface area contributed by atoms with Gasteiger partial charge in [-0.25, -0.2) is 0 Å². The molecule has 0 aromatic heterocycles. The van der Waals surface area contributed by atoms with E-state index in [0.29, 0.717) is 18.5 Å². The zero-order valence-electron chi connectivity index (χ0n) is 13.6. The number of carboxylic acid groups (broad SMARTS) is 1. The quantitative estimate of drug-likeness (QED) is 0.586. The van der Waals surface area contributed by atoms with Crippen LogP contribution in [-0.2, 0) is 11.2 Å². The van der Waals surface area contributed by atoms with E-state index in [1.807, 2.05) is 20.8 Å². The Hall–Kier alpha value is -2.44. The molecule has 126 valence electrons. The smallest absolute Gasteiger partial charge is 0.305 e. The van der Waals surface area contributed by atoms with Gasteiger partial charge in [-0.1, -0.05) is 26.8 Å². The Balaban J connectivity index is 3.09. The Morgan fingerprint density at radius 3 is 2.48 bits per heavy atom. The number of nitro benzene ring substituents is 1. The van der Waals surface area contributed by atoms with Crippen molar-refractivity contribution in [2.45, 2.75) is 33.6 Å². The second-order valence-corrected chi connectivity index (χ2v) is 5.74. The van der Waals surface area contributed by atoms with E-state index in [1.54, 1.807) is 12.1 Å². The maximum absolute atomic E-state index is 12.6. The summed E-state index contributed by atoms with van der Waals surface area (Å²) >= 11 is 0. The lowest BCUT2D eigenvalue weighted by atomic mass is 10.1. The normalized spacial score (nSPS) is 10.6. The molecule has 7 nitrogen and oxygen atoms in total. The number of nitro groups is 1. The third-order valence-electron chi connectivity index (χ3n) is 3.38. The maximum atomic E-state index is 12.6. The molecule has 0 atom stereocenters. The standard InChI is InChI=1S/C16H22N2O5/c1-4-12-5-6-13(9-14(12)18(22)23)16(21)17(10-11(2)3)8-7-15(19)20/h5-6,9,11H,4,7-8,10H2,1-3H3,(H,19,20). The van der Waals surface area contributed by atoms with E-state index in [9.17, 15) is 19.7 Å². The van der Waals surface area contributed by atoms with E-state index in [-0.39, 0.29) is 36.0 Å². The summed E-state index contributed by atoms with van der Waals surface area (Å²) in [5.41, 5.74) is 0.688. The number of carbonyl (C=O) groups is 2. The van der Waals surface area contributed by atoms with Gasteiger partial charge in [-0.05, 0) is 18.4 Å². The van der Waals surface area contributed by atoms with Crippen LogP contribution in [0.4, 0.5) is 5.69 Å². The molecule has 0 fully saturated rings. The van der Waals surface area contributed by atoms with E-state index >= 15 is 0 Å². The average Bonchev–Trinajstić information content (AvgIpc) is 2.49. The van der Waals surface area contributed by atoms with Gasteiger partial charge in [0.15, 0.2) is 0 Å². The molecule has 0 saturated heterocycles. The van der Waals surface area contributed by atoms with Gasteiger partial charge in [0.2, 0.25) is 0 Å². The molecule has 0 heterocycles. The summed E-state index contributed by atoms with van der Waals surface area (Å²) in [6.45, 7) is 6.13. The molecular weight excluding hydrogens is 300 g/mol. The van der Waals surface area contributed by atoms with Gasteiger partial charge in [-0.3, -0.25) is 19.7 Å². The Bertz CT molecular complexity index is 598. The van der Waals surface area contributed by atoms with Crippen molar-refractivity contribution >= 4 is 17.6 Å². The molecule has 0 aliphatic heterocycles. The summed E-state index contributed by atoms with van der Waals surface area (Å²) in [7, 11) is 0. The predicted molar refractivity (Wildman–Crippen MR) is 85.5 cm³/mol. The fraction of sp³-hybridized carbons (Fsp3) is 0.500. The fourth-order valence-electron chi connectivity index (χ4n) is 2.30. The molecule has 0 aliphatic carbocycles. The van der Waals surface area contributed by atoms with Crippen LogP contribution in [0.1, 0.15) is 43.1 Å². The fourth-order valence-corrected chi connectivity index (χ4v) is 2.30. The summed E-state index contributed by atoms with van der Waals surface area (Å²) < 4.78 is 0. The van der Waals surface area contributed by atoms with Crippen LogP contribution in [0.2, 0.25) is 0 Å². The number of rotatable bonds is 8. The average molecular weight is 322 g/mol. The molecule has 0 radical (unpaired) electrons. The van der Waals surface area contributed by atoms with Crippen LogP contribution in [0.15, 0.2) is 18.2 Å². The van der Waals surface area contributed by atoms with Crippen molar-refractivity contribution in [2.24, 2.45) is 5.92 Å². The first-order valence-corrected chi connectivity index (χ1v) is 7.54. The minimum Gasteiger partial charge on any atom is -0.481 e.